The molecule has 8 nitrogen and oxygen atoms in total. The average molecular weight is 428 g/mol. The molecule has 3 fully saturated rings. The highest BCUT2D eigenvalue weighted by atomic mass is 16.5. The summed E-state index contributed by atoms with van der Waals surface area (Å²) in [6.45, 7) is 7.38. The Bertz CT molecular complexity index is 1210. The zero-order valence-electron chi connectivity index (χ0n) is 18.3. The van der Waals surface area contributed by atoms with E-state index in [1.54, 1.807) is 29.7 Å². The van der Waals surface area contributed by atoms with Crippen LogP contribution in [0.15, 0.2) is 43.0 Å². The van der Waals surface area contributed by atoms with Gasteiger partial charge in [-0.1, -0.05) is 12.1 Å². The van der Waals surface area contributed by atoms with Crippen molar-refractivity contribution >= 4 is 23.2 Å². The predicted molar refractivity (Wildman–Crippen MR) is 120 cm³/mol. The van der Waals surface area contributed by atoms with E-state index in [4.69, 9.17) is 9.72 Å². The minimum Gasteiger partial charge on any atom is -0.371 e. The van der Waals surface area contributed by atoms with E-state index in [0.717, 1.165) is 53.5 Å². The fourth-order valence-electron chi connectivity index (χ4n) is 4.85. The molecule has 0 saturated carbocycles. The normalized spacial score (nSPS) is 23.2. The largest absolute Gasteiger partial charge is 0.371 e. The molecule has 3 saturated heterocycles. The van der Waals surface area contributed by atoms with Crippen LogP contribution in [0.2, 0.25) is 0 Å². The van der Waals surface area contributed by atoms with E-state index >= 15 is 0 Å². The molecule has 2 aromatic heterocycles. The number of morpholine rings is 1. The van der Waals surface area contributed by atoms with Crippen LogP contribution in [-0.4, -0.2) is 51.1 Å². The van der Waals surface area contributed by atoms with Gasteiger partial charge in [-0.05, 0) is 38.0 Å². The number of ether oxygens (including phenoxy) is 1. The predicted octanol–water partition coefficient (Wildman–Crippen LogP) is 3.18. The van der Waals surface area contributed by atoms with Crippen LogP contribution in [0.3, 0.4) is 0 Å². The average Bonchev–Trinajstić information content (AvgIpc) is 2.99. The molecule has 2 bridgehead atoms. The van der Waals surface area contributed by atoms with Crippen molar-refractivity contribution in [3.05, 3.63) is 54.4 Å². The molecule has 0 N–H and O–H groups in total. The number of anilines is 3. The van der Waals surface area contributed by atoms with Crippen LogP contribution in [0.5, 0.6) is 0 Å². The van der Waals surface area contributed by atoms with Gasteiger partial charge in [0.05, 0.1) is 35.7 Å². The number of aryl methyl sites for hydroxylation is 1. The molecule has 4 aliphatic heterocycles. The third-order valence-corrected chi connectivity index (χ3v) is 6.68. The quantitative estimate of drug-likeness (QED) is 0.633. The van der Waals surface area contributed by atoms with E-state index in [2.05, 4.69) is 19.9 Å². The first kappa shape index (κ1) is 19.3. The number of carbonyl (C=O) groups is 1. The summed E-state index contributed by atoms with van der Waals surface area (Å²) in [4.78, 5) is 35.3. The number of carbonyl (C=O) groups excluding carboxylic acids is 1. The minimum atomic E-state index is -0.657. The number of fused-ring (bicyclic) bond motifs is 3. The Hall–Kier alpha value is -3.39. The second kappa shape index (κ2) is 6.80. The Morgan fingerprint density at radius 1 is 1.00 bits per heavy atom. The first-order valence-corrected chi connectivity index (χ1v) is 10.9. The Balaban J connectivity index is 1.41. The molecule has 8 heteroatoms. The number of amides is 1. The van der Waals surface area contributed by atoms with Crippen LogP contribution in [0.4, 0.5) is 17.3 Å². The number of benzene rings is 1. The summed E-state index contributed by atoms with van der Waals surface area (Å²) < 4.78 is 5.75. The van der Waals surface area contributed by atoms with Crippen LogP contribution < -0.4 is 9.80 Å². The molecule has 7 rings (SSSR count). The summed E-state index contributed by atoms with van der Waals surface area (Å²) in [6.07, 6.45) is 8.69. The van der Waals surface area contributed by atoms with Crippen molar-refractivity contribution in [1.29, 1.82) is 0 Å². The van der Waals surface area contributed by atoms with Crippen LogP contribution in [0.25, 0.3) is 11.1 Å². The van der Waals surface area contributed by atoms with E-state index in [1.165, 1.54) is 0 Å². The van der Waals surface area contributed by atoms with Crippen molar-refractivity contribution in [2.45, 2.75) is 44.8 Å². The first-order chi connectivity index (χ1) is 15.4. The summed E-state index contributed by atoms with van der Waals surface area (Å²) in [6, 6.07) is 6.07. The fourth-order valence-corrected chi connectivity index (χ4v) is 4.85. The lowest BCUT2D eigenvalue weighted by molar-refractivity contribution is -0.133. The van der Waals surface area contributed by atoms with E-state index in [1.807, 2.05) is 39.0 Å². The van der Waals surface area contributed by atoms with Crippen molar-refractivity contribution in [3.8, 4) is 11.1 Å². The van der Waals surface area contributed by atoms with Gasteiger partial charge in [-0.25, -0.2) is 15.0 Å². The molecule has 0 aliphatic carbocycles. The molecular weight excluding hydrogens is 404 g/mol. The molecule has 0 radical (unpaired) electrons. The highest BCUT2D eigenvalue weighted by molar-refractivity contribution is 6.12. The van der Waals surface area contributed by atoms with E-state index in [9.17, 15) is 4.79 Å². The van der Waals surface area contributed by atoms with Crippen molar-refractivity contribution in [2.75, 3.05) is 22.9 Å². The van der Waals surface area contributed by atoms with Crippen molar-refractivity contribution in [3.63, 3.8) is 0 Å². The highest BCUT2D eigenvalue weighted by Gasteiger charge is 2.45. The summed E-state index contributed by atoms with van der Waals surface area (Å²) in [5.74, 6) is 2.03. The SMILES string of the molecule is Cc1ncc(-c2ccc3c(c2)N(c2cncc(N4CC5CC(C4)O5)n2)C(=O)C3(C)C)cn1. The maximum atomic E-state index is 13.5. The lowest BCUT2D eigenvalue weighted by Gasteiger charge is -2.47. The summed E-state index contributed by atoms with van der Waals surface area (Å²) in [5, 5.41) is 0. The van der Waals surface area contributed by atoms with Crippen LogP contribution in [0, 0.1) is 6.92 Å². The summed E-state index contributed by atoms with van der Waals surface area (Å²) in [7, 11) is 0. The molecule has 1 aromatic carbocycles. The molecule has 2 atom stereocenters. The van der Waals surface area contributed by atoms with Crippen molar-refractivity contribution < 1.29 is 9.53 Å². The fraction of sp³-hybridized carbons (Fsp3) is 0.375. The minimum absolute atomic E-state index is 0.0129. The third-order valence-electron chi connectivity index (χ3n) is 6.68. The van der Waals surface area contributed by atoms with E-state index in [0.29, 0.717) is 5.82 Å². The molecule has 4 aliphatic rings. The second-order valence-corrected chi connectivity index (χ2v) is 9.27. The van der Waals surface area contributed by atoms with Crippen LogP contribution in [0.1, 0.15) is 31.7 Å². The van der Waals surface area contributed by atoms with E-state index in [-0.39, 0.29) is 18.1 Å². The van der Waals surface area contributed by atoms with Gasteiger partial charge in [-0.3, -0.25) is 14.7 Å². The first-order valence-electron chi connectivity index (χ1n) is 10.9. The zero-order chi connectivity index (χ0) is 22.0. The van der Waals surface area contributed by atoms with E-state index < -0.39 is 5.41 Å². The molecular formula is C24H24N6O2. The van der Waals surface area contributed by atoms with Gasteiger partial charge in [0.1, 0.15) is 11.6 Å². The monoisotopic (exact) mass is 428 g/mol. The summed E-state index contributed by atoms with van der Waals surface area (Å²) >= 11 is 0. The number of hydrogen-bond donors (Lipinski definition) is 0. The van der Waals surface area contributed by atoms with Gasteiger partial charge >= 0.3 is 0 Å². The van der Waals surface area contributed by atoms with Gasteiger partial charge in [0.25, 0.3) is 0 Å². The molecule has 162 valence electrons. The molecule has 0 spiro atoms. The Kier molecular flexibility index (Phi) is 4.10. The molecule has 32 heavy (non-hydrogen) atoms. The maximum absolute atomic E-state index is 13.5. The third kappa shape index (κ3) is 2.90. The number of rotatable bonds is 3. The number of aromatic nitrogens is 4. The lowest BCUT2D eigenvalue weighted by Crippen LogP contribution is -2.57. The van der Waals surface area contributed by atoms with Gasteiger partial charge in [0.15, 0.2) is 5.82 Å². The van der Waals surface area contributed by atoms with Crippen molar-refractivity contribution in [2.24, 2.45) is 0 Å². The highest BCUT2D eigenvalue weighted by Crippen LogP contribution is 2.46. The summed E-state index contributed by atoms with van der Waals surface area (Å²) in [5.41, 5.74) is 3.00. The Labute approximate surface area is 186 Å². The molecule has 6 heterocycles. The van der Waals surface area contributed by atoms with Gasteiger partial charge in [-0.15, -0.1) is 0 Å². The van der Waals surface area contributed by atoms with Crippen LogP contribution >= 0.6 is 0 Å². The van der Waals surface area contributed by atoms with Gasteiger partial charge < -0.3 is 9.64 Å². The molecule has 1 amide bonds. The topological polar surface area (TPSA) is 84.3 Å². The number of nitrogens with zero attached hydrogens (tertiary/aromatic N) is 6. The standard InChI is InChI=1S/C24H24N6O2/c1-14-26-8-16(9-27-14)15-4-5-19-20(6-15)30(23(31)24(19,2)3)22-11-25-10-21(28-22)29-12-17-7-18(13-29)32-17/h4-6,8-11,17-18H,7,12-13H2,1-3H3. The van der Waals surface area contributed by atoms with Gasteiger partial charge in [-0.2, -0.15) is 0 Å². The Morgan fingerprint density at radius 3 is 2.41 bits per heavy atom. The second-order valence-electron chi connectivity index (χ2n) is 9.27. The maximum Gasteiger partial charge on any atom is 0.242 e. The van der Waals surface area contributed by atoms with Gasteiger partial charge in [0, 0.05) is 37.5 Å². The smallest absolute Gasteiger partial charge is 0.242 e. The zero-order valence-corrected chi connectivity index (χ0v) is 18.3. The number of piperidine rings is 1. The number of hydrogen-bond acceptors (Lipinski definition) is 7. The molecule has 2 unspecified atom stereocenters. The Morgan fingerprint density at radius 2 is 1.69 bits per heavy atom. The lowest BCUT2D eigenvalue weighted by atomic mass is 9.85. The van der Waals surface area contributed by atoms with Crippen LogP contribution in [-0.2, 0) is 14.9 Å². The van der Waals surface area contributed by atoms with Gasteiger partial charge in [0.2, 0.25) is 5.91 Å². The van der Waals surface area contributed by atoms with Crippen molar-refractivity contribution in [1.82, 2.24) is 19.9 Å². The molecule has 3 aromatic rings.